The van der Waals surface area contributed by atoms with Crippen LogP contribution in [0.2, 0.25) is 0 Å². The number of ether oxygens (including phenoxy) is 1. The summed E-state index contributed by atoms with van der Waals surface area (Å²) in [5.74, 6) is 0.825. The molecular formula is C15H22N2O2. The Hall–Kier alpha value is -1.55. The maximum Gasteiger partial charge on any atom is 0.260 e. The fraction of sp³-hybridized carbons (Fsp3) is 0.533. The molecule has 104 valence electrons. The Labute approximate surface area is 114 Å². The molecule has 1 amide bonds. The van der Waals surface area contributed by atoms with Gasteiger partial charge in [-0.25, -0.2) is 0 Å². The molecule has 1 saturated carbocycles. The summed E-state index contributed by atoms with van der Waals surface area (Å²) in [6.07, 6.45) is 2.25. The van der Waals surface area contributed by atoms with E-state index >= 15 is 0 Å². The Morgan fingerprint density at radius 3 is 2.79 bits per heavy atom. The predicted molar refractivity (Wildman–Crippen MR) is 75.0 cm³/mol. The quantitative estimate of drug-likeness (QED) is 0.851. The highest BCUT2D eigenvalue weighted by atomic mass is 16.5. The number of nitrogens with zero attached hydrogens (tertiary/aromatic N) is 1. The van der Waals surface area contributed by atoms with Gasteiger partial charge in [0.1, 0.15) is 5.75 Å². The monoisotopic (exact) mass is 262 g/mol. The minimum atomic E-state index is 0.0718. The number of carbonyl (C=O) groups excluding carboxylic acids is 1. The van der Waals surface area contributed by atoms with Crippen LogP contribution in [-0.4, -0.2) is 30.0 Å². The molecule has 0 bridgehead atoms. The lowest BCUT2D eigenvalue weighted by Crippen LogP contribution is -2.36. The van der Waals surface area contributed by atoms with E-state index in [1.54, 1.807) is 0 Å². The molecule has 19 heavy (non-hydrogen) atoms. The SMILES string of the molecule is CCN(C(=O)COc1cc(CN)ccc1C)C1CC1. The number of aryl methyl sites for hydroxylation is 1. The first kappa shape index (κ1) is 13.9. The van der Waals surface area contributed by atoms with E-state index in [-0.39, 0.29) is 12.5 Å². The molecular weight excluding hydrogens is 240 g/mol. The van der Waals surface area contributed by atoms with Gasteiger partial charge in [-0.1, -0.05) is 12.1 Å². The third-order valence-corrected chi connectivity index (χ3v) is 3.49. The van der Waals surface area contributed by atoms with E-state index in [2.05, 4.69) is 0 Å². The summed E-state index contributed by atoms with van der Waals surface area (Å²) in [6, 6.07) is 6.31. The lowest BCUT2D eigenvalue weighted by Gasteiger charge is -2.20. The van der Waals surface area contributed by atoms with Crippen LogP contribution >= 0.6 is 0 Å². The average Bonchev–Trinajstić information content (AvgIpc) is 3.23. The van der Waals surface area contributed by atoms with Crippen LogP contribution in [0.25, 0.3) is 0 Å². The molecule has 0 aromatic heterocycles. The highest BCUT2D eigenvalue weighted by Gasteiger charge is 2.31. The van der Waals surface area contributed by atoms with E-state index in [1.165, 1.54) is 0 Å². The summed E-state index contributed by atoms with van der Waals surface area (Å²) in [4.78, 5) is 14.0. The highest BCUT2D eigenvalue weighted by molar-refractivity contribution is 5.78. The van der Waals surface area contributed by atoms with E-state index in [1.807, 2.05) is 36.9 Å². The van der Waals surface area contributed by atoms with Crippen LogP contribution in [-0.2, 0) is 11.3 Å². The fourth-order valence-corrected chi connectivity index (χ4v) is 2.17. The molecule has 0 saturated heterocycles. The number of likely N-dealkylation sites (N-methyl/N-ethyl adjacent to an activating group) is 1. The second kappa shape index (κ2) is 6.06. The van der Waals surface area contributed by atoms with Gasteiger partial charge in [-0.3, -0.25) is 4.79 Å². The van der Waals surface area contributed by atoms with Gasteiger partial charge in [0.15, 0.2) is 6.61 Å². The second-order valence-electron chi connectivity index (χ2n) is 5.00. The predicted octanol–water partition coefficient (Wildman–Crippen LogP) is 1.84. The molecule has 0 heterocycles. The molecule has 1 fully saturated rings. The van der Waals surface area contributed by atoms with Crippen molar-refractivity contribution in [3.63, 3.8) is 0 Å². The molecule has 2 rings (SSSR count). The summed E-state index contributed by atoms with van der Waals surface area (Å²) in [5.41, 5.74) is 7.66. The average molecular weight is 262 g/mol. The van der Waals surface area contributed by atoms with E-state index in [0.29, 0.717) is 12.6 Å². The van der Waals surface area contributed by atoms with Crippen LogP contribution in [0.5, 0.6) is 5.75 Å². The number of amides is 1. The third-order valence-electron chi connectivity index (χ3n) is 3.49. The van der Waals surface area contributed by atoms with Crippen LogP contribution < -0.4 is 10.5 Å². The molecule has 0 atom stereocenters. The van der Waals surface area contributed by atoms with E-state index in [0.717, 1.165) is 36.3 Å². The van der Waals surface area contributed by atoms with E-state index in [9.17, 15) is 4.79 Å². The van der Waals surface area contributed by atoms with Gasteiger partial charge in [0, 0.05) is 19.1 Å². The Kier molecular flexibility index (Phi) is 4.43. The first-order chi connectivity index (χ1) is 9.15. The standard InChI is InChI=1S/C15H22N2O2/c1-3-17(13-6-7-13)15(18)10-19-14-8-12(9-16)5-4-11(14)2/h4-5,8,13H,3,6-7,9-10,16H2,1-2H3. The lowest BCUT2D eigenvalue weighted by molar-refractivity contribution is -0.133. The van der Waals surface area contributed by atoms with Crippen LogP contribution in [0.15, 0.2) is 18.2 Å². The second-order valence-corrected chi connectivity index (χ2v) is 5.00. The number of rotatable bonds is 6. The number of nitrogens with two attached hydrogens (primary N) is 1. The molecule has 1 aliphatic rings. The molecule has 1 aliphatic carbocycles. The first-order valence-electron chi connectivity index (χ1n) is 6.87. The van der Waals surface area contributed by atoms with Crippen LogP contribution in [0.3, 0.4) is 0 Å². The van der Waals surface area contributed by atoms with Gasteiger partial charge in [-0.15, -0.1) is 0 Å². The van der Waals surface area contributed by atoms with Gasteiger partial charge >= 0.3 is 0 Å². The first-order valence-corrected chi connectivity index (χ1v) is 6.87. The Bertz CT molecular complexity index is 455. The van der Waals surface area contributed by atoms with Crippen molar-refractivity contribution in [2.24, 2.45) is 5.73 Å². The van der Waals surface area contributed by atoms with Crippen molar-refractivity contribution in [2.45, 2.75) is 39.3 Å². The van der Waals surface area contributed by atoms with Crippen molar-refractivity contribution in [3.8, 4) is 5.75 Å². The summed E-state index contributed by atoms with van der Waals surface area (Å²) < 4.78 is 5.66. The van der Waals surface area contributed by atoms with Crippen molar-refractivity contribution in [1.82, 2.24) is 4.90 Å². The van der Waals surface area contributed by atoms with Crippen molar-refractivity contribution in [2.75, 3.05) is 13.2 Å². The molecule has 4 nitrogen and oxygen atoms in total. The molecule has 0 aliphatic heterocycles. The van der Waals surface area contributed by atoms with Crippen molar-refractivity contribution >= 4 is 5.91 Å². The molecule has 0 unspecified atom stereocenters. The summed E-state index contributed by atoms with van der Waals surface area (Å²) >= 11 is 0. The van der Waals surface area contributed by atoms with Gasteiger partial charge in [0.25, 0.3) is 5.91 Å². The van der Waals surface area contributed by atoms with Gasteiger partial charge < -0.3 is 15.4 Å². The molecule has 0 spiro atoms. The zero-order chi connectivity index (χ0) is 13.8. The zero-order valence-corrected chi connectivity index (χ0v) is 11.7. The highest BCUT2D eigenvalue weighted by Crippen LogP contribution is 2.27. The maximum absolute atomic E-state index is 12.1. The maximum atomic E-state index is 12.1. The van der Waals surface area contributed by atoms with Gasteiger partial charge in [-0.05, 0) is 43.9 Å². The Balaban J connectivity index is 1.95. The van der Waals surface area contributed by atoms with Gasteiger partial charge in [0.2, 0.25) is 0 Å². The van der Waals surface area contributed by atoms with Gasteiger partial charge in [-0.2, -0.15) is 0 Å². The van der Waals surface area contributed by atoms with Crippen LogP contribution in [0.4, 0.5) is 0 Å². The Morgan fingerprint density at radius 1 is 1.47 bits per heavy atom. The number of carbonyl (C=O) groups is 1. The zero-order valence-electron chi connectivity index (χ0n) is 11.7. The van der Waals surface area contributed by atoms with Crippen LogP contribution in [0.1, 0.15) is 30.9 Å². The number of hydrogen-bond donors (Lipinski definition) is 1. The van der Waals surface area contributed by atoms with E-state index in [4.69, 9.17) is 10.5 Å². The molecule has 2 N–H and O–H groups in total. The normalized spacial score (nSPS) is 14.3. The summed E-state index contributed by atoms with van der Waals surface area (Å²) in [7, 11) is 0. The van der Waals surface area contributed by atoms with Gasteiger partial charge in [0.05, 0.1) is 0 Å². The molecule has 1 aromatic rings. The molecule has 1 aromatic carbocycles. The molecule has 4 heteroatoms. The number of hydrogen-bond acceptors (Lipinski definition) is 3. The van der Waals surface area contributed by atoms with Crippen molar-refractivity contribution < 1.29 is 9.53 Å². The van der Waals surface area contributed by atoms with Crippen molar-refractivity contribution in [1.29, 1.82) is 0 Å². The topological polar surface area (TPSA) is 55.6 Å². The summed E-state index contributed by atoms with van der Waals surface area (Å²) in [6.45, 7) is 5.33. The van der Waals surface area contributed by atoms with Crippen molar-refractivity contribution in [3.05, 3.63) is 29.3 Å². The van der Waals surface area contributed by atoms with E-state index < -0.39 is 0 Å². The molecule has 0 radical (unpaired) electrons. The fourth-order valence-electron chi connectivity index (χ4n) is 2.17. The lowest BCUT2D eigenvalue weighted by atomic mass is 10.1. The minimum Gasteiger partial charge on any atom is -0.483 e. The largest absolute Gasteiger partial charge is 0.483 e. The smallest absolute Gasteiger partial charge is 0.260 e. The third kappa shape index (κ3) is 3.47. The minimum absolute atomic E-state index is 0.0718. The number of benzene rings is 1. The van der Waals surface area contributed by atoms with Crippen LogP contribution in [0, 0.1) is 6.92 Å². The Morgan fingerprint density at radius 2 is 2.21 bits per heavy atom. The summed E-state index contributed by atoms with van der Waals surface area (Å²) in [5, 5.41) is 0.